The van der Waals surface area contributed by atoms with E-state index in [2.05, 4.69) is 66.1 Å². The van der Waals surface area contributed by atoms with Crippen LogP contribution in [-0.4, -0.2) is 57.0 Å². The quantitative estimate of drug-likeness (QED) is 0.184. The SMILES string of the molecule is O=C(CCCc1ccc2ccc3cccc4ccc1c2c34)ON1C(=O)CCC1=O.[Se]=[Pb]. The van der Waals surface area contributed by atoms with Crippen molar-refractivity contribution >= 4 is 84.3 Å². The van der Waals surface area contributed by atoms with Gasteiger partial charge in [0, 0.05) is 19.3 Å². The van der Waals surface area contributed by atoms with E-state index in [1.807, 2.05) is 0 Å². The minimum atomic E-state index is -0.550. The Balaban J connectivity index is 0.00000112. The van der Waals surface area contributed by atoms with Gasteiger partial charge in [0.25, 0.3) is 11.8 Å². The van der Waals surface area contributed by atoms with Crippen LogP contribution >= 0.6 is 0 Å². The Morgan fingerprint density at radius 1 is 0.871 bits per heavy atom. The molecule has 1 aliphatic rings. The van der Waals surface area contributed by atoms with Crippen LogP contribution in [0, 0.1) is 0 Å². The van der Waals surface area contributed by atoms with Gasteiger partial charge in [0.2, 0.25) is 0 Å². The van der Waals surface area contributed by atoms with Gasteiger partial charge in [-0.15, -0.1) is 5.06 Å². The molecule has 0 aromatic heterocycles. The van der Waals surface area contributed by atoms with E-state index >= 15 is 0 Å². The third kappa shape index (κ3) is 4.34. The van der Waals surface area contributed by atoms with Gasteiger partial charge in [0.1, 0.15) is 0 Å². The molecule has 2 amide bonds. The number of hydrogen-bond acceptors (Lipinski definition) is 4. The predicted octanol–water partition coefficient (Wildman–Crippen LogP) is 3.75. The number of benzene rings is 4. The monoisotopic (exact) mass is 673 g/mol. The van der Waals surface area contributed by atoms with Crippen LogP contribution in [0.2, 0.25) is 0 Å². The molecule has 7 heteroatoms. The van der Waals surface area contributed by atoms with Gasteiger partial charge in [-0.3, -0.25) is 9.59 Å². The van der Waals surface area contributed by atoms with Crippen molar-refractivity contribution in [3.05, 3.63) is 60.2 Å². The van der Waals surface area contributed by atoms with Crippen LogP contribution in [-0.2, 0) is 25.6 Å². The Morgan fingerprint density at radius 2 is 1.45 bits per heavy atom. The van der Waals surface area contributed by atoms with Crippen LogP contribution in [0.1, 0.15) is 31.2 Å². The van der Waals surface area contributed by atoms with Gasteiger partial charge in [0.15, 0.2) is 0 Å². The molecule has 1 aliphatic heterocycles. The molecule has 4 aromatic rings. The zero-order chi connectivity index (χ0) is 22.0. The van der Waals surface area contributed by atoms with Gasteiger partial charge in [-0.1, -0.05) is 54.6 Å². The standard InChI is InChI=1S/C24H19NO4.Pb.Se/c26-20-13-14-21(27)25(20)29-22(28)6-2-3-15-7-8-18-10-9-16-4-1-5-17-11-12-19(15)24(18)23(16)17;;/h1,4-5,7-12H,2-3,6,13-14H2;;. The molecular formula is C24H19NO4PbSe. The van der Waals surface area contributed by atoms with E-state index in [0.717, 1.165) is 0 Å². The molecule has 154 valence electrons. The number of hydrogen-bond donors (Lipinski definition) is 0. The van der Waals surface area contributed by atoms with Gasteiger partial charge < -0.3 is 4.84 Å². The fourth-order valence-corrected chi connectivity index (χ4v) is 4.24. The zero-order valence-corrected chi connectivity index (χ0v) is 22.3. The van der Waals surface area contributed by atoms with Crippen molar-refractivity contribution in [3.63, 3.8) is 0 Å². The molecule has 0 aliphatic carbocycles. The number of imide groups is 1. The maximum atomic E-state index is 12.0. The average molecular weight is 672 g/mol. The summed E-state index contributed by atoms with van der Waals surface area (Å²) in [7, 11) is 0. The molecule has 1 fully saturated rings. The molecule has 0 bridgehead atoms. The Morgan fingerprint density at radius 3 is 2.13 bits per heavy atom. The summed E-state index contributed by atoms with van der Waals surface area (Å²) in [6.07, 6.45) is 1.66. The second kappa shape index (κ2) is 9.63. The minimum absolute atomic E-state index is 0.106. The van der Waals surface area contributed by atoms with E-state index in [0.29, 0.717) is 17.9 Å². The van der Waals surface area contributed by atoms with Crippen LogP contribution < -0.4 is 0 Å². The van der Waals surface area contributed by atoms with Gasteiger partial charge in [-0.25, -0.2) is 4.79 Å². The summed E-state index contributed by atoms with van der Waals surface area (Å²) >= 11 is 3.94. The van der Waals surface area contributed by atoms with Crippen LogP contribution in [0.15, 0.2) is 54.6 Å². The first-order valence-electron chi connectivity index (χ1n) is 10.0. The molecular weight excluding hydrogens is 652 g/mol. The molecule has 2 radical (unpaired) electrons. The van der Waals surface area contributed by atoms with Crippen LogP contribution in [0.4, 0.5) is 0 Å². The maximum absolute atomic E-state index is 12.0. The van der Waals surface area contributed by atoms with Gasteiger partial charge in [0.05, 0.1) is 0 Å². The number of rotatable bonds is 5. The third-order valence-corrected chi connectivity index (χ3v) is 5.64. The fourth-order valence-electron chi connectivity index (χ4n) is 4.24. The second-order valence-corrected chi connectivity index (χ2v) is 7.48. The van der Waals surface area contributed by atoms with Crippen LogP contribution in [0.25, 0.3) is 32.3 Å². The van der Waals surface area contributed by atoms with Gasteiger partial charge >= 0.3 is 40.2 Å². The molecule has 31 heavy (non-hydrogen) atoms. The van der Waals surface area contributed by atoms with Crippen LogP contribution in [0.5, 0.6) is 0 Å². The number of nitrogens with zero attached hydrogens (tertiary/aromatic N) is 1. The van der Waals surface area contributed by atoms with Crippen LogP contribution in [0.3, 0.4) is 0 Å². The van der Waals surface area contributed by atoms with Crippen molar-refractivity contribution in [3.8, 4) is 0 Å². The average Bonchev–Trinajstić information content (AvgIpc) is 3.11. The van der Waals surface area contributed by atoms with Crippen molar-refractivity contribution < 1.29 is 19.2 Å². The molecule has 5 rings (SSSR count). The van der Waals surface area contributed by atoms with Crippen molar-refractivity contribution in [2.24, 2.45) is 0 Å². The second-order valence-electron chi connectivity index (χ2n) is 7.48. The Hall–Kier alpha value is -2.03. The van der Waals surface area contributed by atoms with E-state index in [4.69, 9.17) is 4.84 Å². The first kappa shape index (κ1) is 22.2. The number of carbonyl (C=O) groups is 3. The van der Waals surface area contributed by atoms with Crippen molar-refractivity contribution in [2.75, 3.05) is 0 Å². The van der Waals surface area contributed by atoms with Crippen molar-refractivity contribution in [1.82, 2.24) is 5.06 Å². The summed E-state index contributed by atoms with van der Waals surface area (Å²) in [6, 6.07) is 19.2. The van der Waals surface area contributed by atoms with Crippen molar-refractivity contribution in [2.45, 2.75) is 32.1 Å². The molecule has 0 atom stereocenters. The van der Waals surface area contributed by atoms with E-state index in [-0.39, 0.29) is 19.3 Å². The number of hydroxylamine groups is 2. The molecule has 0 N–H and O–H groups in total. The number of aryl methyl sites for hydroxylation is 1. The summed E-state index contributed by atoms with van der Waals surface area (Å²) in [4.78, 5) is 40.1. The first-order valence-corrected chi connectivity index (χ1v) is 19.1. The summed E-state index contributed by atoms with van der Waals surface area (Å²) in [5.74, 6) is -1.45. The Labute approximate surface area is 199 Å². The number of carbonyl (C=O) groups excluding carboxylic acids is 3. The molecule has 0 spiro atoms. The predicted molar refractivity (Wildman–Crippen MR) is 122 cm³/mol. The third-order valence-electron chi connectivity index (χ3n) is 5.64. The summed E-state index contributed by atoms with van der Waals surface area (Å²) in [6.45, 7) is 0. The molecule has 1 saturated heterocycles. The summed E-state index contributed by atoms with van der Waals surface area (Å²) < 4.78 is 0. The molecule has 0 saturated carbocycles. The van der Waals surface area contributed by atoms with E-state index < -0.39 is 17.8 Å². The Kier molecular flexibility index (Phi) is 6.89. The van der Waals surface area contributed by atoms with Gasteiger partial charge in [-0.05, 0) is 50.7 Å². The first-order chi connectivity index (χ1) is 15.1. The molecule has 1 heterocycles. The zero-order valence-electron chi connectivity index (χ0n) is 16.7. The van der Waals surface area contributed by atoms with Gasteiger partial charge in [-0.2, -0.15) is 0 Å². The van der Waals surface area contributed by atoms with E-state index in [9.17, 15) is 14.4 Å². The van der Waals surface area contributed by atoms with E-state index in [1.54, 1.807) is 0 Å². The molecule has 5 nitrogen and oxygen atoms in total. The van der Waals surface area contributed by atoms with Crippen molar-refractivity contribution in [1.29, 1.82) is 0 Å². The Bertz CT molecular complexity index is 1270. The summed E-state index contributed by atoms with van der Waals surface area (Å²) in [5, 5.41) is 7.99. The number of amides is 2. The molecule has 0 unspecified atom stereocenters. The molecule has 4 aromatic carbocycles. The topological polar surface area (TPSA) is 63.7 Å². The normalized spacial score (nSPS) is 13.7. The fraction of sp³-hybridized carbons (Fsp3) is 0.208. The summed E-state index contributed by atoms with van der Waals surface area (Å²) in [5.41, 5.74) is 1.18. The van der Waals surface area contributed by atoms with E-state index in [1.165, 1.54) is 60.6 Å².